The number of hydrogen-bond donors (Lipinski definition) is 7. The number of benzene rings is 4. The number of nitrogens with one attached hydrogen (secondary N) is 5. The molecule has 2 aliphatic rings. The number of nitrogens with two attached hydrogens (primary N) is 1. The Morgan fingerprint density at radius 3 is 1.88 bits per heavy atom. The predicted molar refractivity (Wildman–Crippen MR) is 244 cm³/mol. The molecular formula is C49H52N6O8S. The molecule has 8 N–H and O–H groups in total. The third kappa shape index (κ3) is 13.8. The molecule has 5 amide bonds. The Labute approximate surface area is 375 Å². The van der Waals surface area contributed by atoms with Crippen LogP contribution < -0.4 is 32.3 Å². The highest BCUT2D eigenvalue weighted by Gasteiger charge is 2.34. The Morgan fingerprint density at radius 2 is 1.23 bits per heavy atom. The number of rotatable bonds is 12. The largest absolute Gasteiger partial charge is 0.481 e. The normalized spacial score (nSPS) is 20.2. The zero-order valence-corrected chi connectivity index (χ0v) is 36.0. The first-order valence-corrected chi connectivity index (χ1v) is 22.1. The van der Waals surface area contributed by atoms with Crippen LogP contribution in [-0.4, -0.2) is 77.1 Å². The summed E-state index contributed by atoms with van der Waals surface area (Å²) in [5.41, 5.74) is 9.85. The summed E-state index contributed by atoms with van der Waals surface area (Å²) in [5.74, 6) is -6.25. The number of carboxylic acid groups (broad SMARTS) is 1. The molecule has 14 nitrogen and oxygen atoms in total. The first-order valence-electron chi connectivity index (χ1n) is 21.2. The maximum Gasteiger partial charge on any atom is 0.307 e. The average Bonchev–Trinajstić information content (AvgIpc) is 3.81. The fourth-order valence-corrected chi connectivity index (χ4v) is 8.19. The number of Topliss-reactive ketones (excluding diaryl/α,β-unsaturated/α-hetero) is 1. The summed E-state index contributed by atoms with van der Waals surface area (Å²) in [4.78, 5) is 97.3. The summed E-state index contributed by atoms with van der Waals surface area (Å²) in [6.45, 7) is 0.226. The van der Waals surface area contributed by atoms with Crippen molar-refractivity contribution in [2.24, 2.45) is 11.7 Å². The minimum absolute atomic E-state index is 0.00328. The standard InChI is InChI=1S/C49H52N6O8S/c50-23-7-14-44(57)52-42-30-45(58)51-37-21-17-32(18-22-37)25-36(49(62)63)28-43(56)39(26-31-9-3-1-4-10-31)53-46(59)40(27-33-15-19-35(20-16-33)34-11-5-2-6-12-34)54-47(60)41(55-48(42)61)29-38-13-8-24-64-38/h1-6,8-13,15-22,24,36,39-42H,7,14,23,25-30,50H2,(H,51,58)(H,52,57)(H,53,59)(H,54,60)(H,55,61)(H,62,63)/t36-,39-,40+,41-,42+/m1/s1. The molecule has 0 radical (unpaired) electrons. The lowest BCUT2D eigenvalue weighted by atomic mass is 9.90. The quantitative estimate of drug-likeness (QED) is 0.0883. The molecule has 0 saturated carbocycles. The van der Waals surface area contributed by atoms with Gasteiger partial charge in [0.1, 0.15) is 18.1 Å². The van der Waals surface area contributed by atoms with Crippen LogP contribution in [0, 0.1) is 5.92 Å². The minimum atomic E-state index is -1.40. The Balaban J connectivity index is 1.38. The molecule has 7 rings (SSSR count). The first kappa shape index (κ1) is 46.5. The Bertz CT molecular complexity index is 2380. The van der Waals surface area contributed by atoms with Crippen LogP contribution >= 0.6 is 11.3 Å². The monoisotopic (exact) mass is 884 g/mol. The van der Waals surface area contributed by atoms with Crippen LogP contribution in [0.1, 0.15) is 47.3 Å². The van der Waals surface area contributed by atoms with E-state index in [0.717, 1.165) is 21.6 Å². The van der Waals surface area contributed by atoms with Crippen molar-refractivity contribution in [3.05, 3.63) is 148 Å². The van der Waals surface area contributed by atoms with E-state index in [-0.39, 0.29) is 38.6 Å². The van der Waals surface area contributed by atoms with E-state index < -0.39 is 84.2 Å². The third-order valence-electron chi connectivity index (χ3n) is 10.9. The van der Waals surface area contributed by atoms with Gasteiger partial charge in [-0.1, -0.05) is 103 Å². The number of carbonyl (C=O) groups is 7. The topological polar surface area (TPSA) is 226 Å². The van der Waals surface area contributed by atoms with Crippen molar-refractivity contribution in [3.63, 3.8) is 0 Å². The smallest absolute Gasteiger partial charge is 0.307 e. The SMILES string of the molecule is NCCCC(=O)N[C@H]1CC(=O)Nc2ccc(cc2)C[C@@H](C(=O)O)CC(=O)[C@@H](Cc2ccccc2)NC(=O)[C@H](Cc2ccc(-c3ccccc3)cc2)NC(=O)[C@@H](Cc2cccs2)NC1=O. The molecule has 5 aromatic rings. The van der Waals surface area contributed by atoms with Gasteiger partial charge in [-0.25, -0.2) is 0 Å². The fraction of sp³-hybridized carbons (Fsp3) is 0.286. The molecule has 332 valence electrons. The summed E-state index contributed by atoms with van der Waals surface area (Å²) >= 11 is 1.35. The highest BCUT2D eigenvalue weighted by atomic mass is 32.1. The van der Waals surface area contributed by atoms with Crippen molar-refractivity contribution in [1.82, 2.24) is 21.3 Å². The van der Waals surface area contributed by atoms with E-state index >= 15 is 0 Å². The number of hydrogen-bond acceptors (Lipinski definition) is 9. The van der Waals surface area contributed by atoms with Crippen LogP contribution in [0.15, 0.2) is 127 Å². The van der Waals surface area contributed by atoms with Gasteiger partial charge in [-0.3, -0.25) is 33.6 Å². The van der Waals surface area contributed by atoms with Crippen LogP contribution in [0.3, 0.4) is 0 Å². The summed E-state index contributed by atoms with van der Waals surface area (Å²) in [7, 11) is 0. The van der Waals surface area contributed by atoms with Crippen molar-refractivity contribution in [2.45, 2.75) is 75.5 Å². The molecule has 0 unspecified atom stereocenters. The van der Waals surface area contributed by atoms with Crippen LogP contribution in [0.5, 0.6) is 0 Å². The van der Waals surface area contributed by atoms with Gasteiger partial charge in [0.25, 0.3) is 0 Å². The molecule has 2 aliphatic heterocycles. The molecule has 2 bridgehead atoms. The molecule has 1 aromatic heterocycles. The summed E-state index contributed by atoms with van der Waals surface area (Å²) in [6.07, 6.45) is -0.560. The molecule has 64 heavy (non-hydrogen) atoms. The second-order valence-electron chi connectivity index (χ2n) is 15.8. The molecule has 5 atom stereocenters. The predicted octanol–water partition coefficient (Wildman–Crippen LogP) is 4.37. The molecule has 15 heteroatoms. The highest BCUT2D eigenvalue weighted by Crippen LogP contribution is 2.22. The molecule has 4 aromatic carbocycles. The van der Waals surface area contributed by atoms with Gasteiger partial charge in [0.15, 0.2) is 5.78 Å². The molecular weight excluding hydrogens is 833 g/mol. The number of anilines is 1. The lowest BCUT2D eigenvalue weighted by Gasteiger charge is -2.27. The number of fused-ring (bicyclic) bond motifs is 18. The van der Waals surface area contributed by atoms with Gasteiger partial charge < -0.3 is 37.4 Å². The van der Waals surface area contributed by atoms with Crippen molar-refractivity contribution in [1.29, 1.82) is 0 Å². The van der Waals surface area contributed by atoms with E-state index in [1.54, 1.807) is 60.7 Å². The lowest BCUT2D eigenvalue weighted by molar-refractivity contribution is -0.144. The summed E-state index contributed by atoms with van der Waals surface area (Å²) < 4.78 is 0. The zero-order chi connectivity index (χ0) is 45.4. The number of carbonyl (C=O) groups excluding carboxylic acids is 6. The van der Waals surface area contributed by atoms with Crippen LogP contribution in [0.2, 0.25) is 0 Å². The fourth-order valence-electron chi connectivity index (χ4n) is 7.44. The number of ketones is 1. The van der Waals surface area contributed by atoms with Crippen molar-refractivity contribution < 1.29 is 38.7 Å². The van der Waals surface area contributed by atoms with Gasteiger partial charge in [-0.2, -0.15) is 0 Å². The number of aliphatic carboxylic acids is 1. The molecule has 3 heterocycles. The van der Waals surface area contributed by atoms with Crippen molar-refractivity contribution in [3.8, 4) is 11.1 Å². The molecule has 0 saturated heterocycles. The second kappa shape index (κ2) is 22.9. The van der Waals surface area contributed by atoms with E-state index in [2.05, 4.69) is 26.6 Å². The lowest BCUT2D eigenvalue weighted by Crippen LogP contribution is -2.59. The second-order valence-corrected chi connectivity index (χ2v) is 16.8. The van der Waals surface area contributed by atoms with Gasteiger partial charge in [0, 0.05) is 36.2 Å². The maximum atomic E-state index is 14.6. The molecule has 0 aliphatic carbocycles. The number of carboxylic acids is 1. The average molecular weight is 885 g/mol. The van der Waals surface area contributed by atoms with Gasteiger partial charge in [0.05, 0.1) is 18.4 Å². The Hall–Kier alpha value is -6.97. The first-order chi connectivity index (χ1) is 30.9. The number of amides is 5. The van der Waals surface area contributed by atoms with Gasteiger partial charge in [-0.15, -0.1) is 11.3 Å². The molecule has 0 fully saturated rings. The Kier molecular flexibility index (Phi) is 16.7. The van der Waals surface area contributed by atoms with Gasteiger partial charge >= 0.3 is 5.97 Å². The van der Waals surface area contributed by atoms with E-state index in [1.807, 2.05) is 66.0 Å². The summed E-state index contributed by atoms with van der Waals surface area (Å²) in [5, 5.41) is 25.9. The zero-order valence-electron chi connectivity index (χ0n) is 35.2. The minimum Gasteiger partial charge on any atom is -0.481 e. The maximum absolute atomic E-state index is 14.6. The van der Waals surface area contributed by atoms with E-state index in [1.165, 1.54) is 11.3 Å². The van der Waals surface area contributed by atoms with Crippen LogP contribution in [0.25, 0.3) is 11.1 Å². The Morgan fingerprint density at radius 1 is 0.641 bits per heavy atom. The number of thiophene rings is 1. The van der Waals surface area contributed by atoms with Crippen LogP contribution in [0.4, 0.5) is 5.69 Å². The van der Waals surface area contributed by atoms with Crippen molar-refractivity contribution in [2.75, 3.05) is 11.9 Å². The van der Waals surface area contributed by atoms with Gasteiger partial charge in [0.2, 0.25) is 29.5 Å². The molecule has 0 spiro atoms. The van der Waals surface area contributed by atoms with E-state index in [9.17, 15) is 38.7 Å². The van der Waals surface area contributed by atoms with E-state index in [0.29, 0.717) is 23.2 Å². The van der Waals surface area contributed by atoms with Gasteiger partial charge in [-0.05, 0) is 77.2 Å². The highest BCUT2D eigenvalue weighted by molar-refractivity contribution is 7.09. The third-order valence-corrected chi connectivity index (χ3v) is 11.8. The summed E-state index contributed by atoms with van der Waals surface area (Å²) in [6, 6.07) is 31.0. The van der Waals surface area contributed by atoms with E-state index in [4.69, 9.17) is 5.73 Å². The van der Waals surface area contributed by atoms with Crippen LogP contribution in [-0.2, 0) is 59.2 Å². The van der Waals surface area contributed by atoms with Crippen molar-refractivity contribution >= 4 is 58.3 Å².